The van der Waals surface area contributed by atoms with E-state index in [4.69, 9.17) is 5.73 Å². The first-order valence-corrected chi connectivity index (χ1v) is 9.53. The van der Waals surface area contributed by atoms with Crippen LogP contribution >= 0.6 is 11.3 Å². The van der Waals surface area contributed by atoms with Gasteiger partial charge in [0, 0.05) is 30.4 Å². The third-order valence-electron chi connectivity index (χ3n) is 4.88. The third-order valence-corrected chi connectivity index (χ3v) is 5.89. The van der Waals surface area contributed by atoms with Crippen molar-refractivity contribution in [1.82, 2.24) is 19.9 Å². The Bertz CT molecular complexity index is 999. The molecule has 1 saturated carbocycles. The Balaban J connectivity index is 1.60. The average molecular weight is 391 g/mol. The zero-order valence-electron chi connectivity index (χ0n) is 14.7. The first-order chi connectivity index (χ1) is 12.9. The summed E-state index contributed by atoms with van der Waals surface area (Å²) in [4.78, 5) is 17.4. The summed E-state index contributed by atoms with van der Waals surface area (Å²) in [5.41, 5.74) is 8.40. The maximum atomic E-state index is 14.1. The number of halogens is 2. The van der Waals surface area contributed by atoms with E-state index in [-0.39, 0.29) is 11.4 Å². The Morgan fingerprint density at radius 2 is 2.26 bits per heavy atom. The molecular formula is C18H19F2N5OS. The fourth-order valence-corrected chi connectivity index (χ4v) is 4.47. The van der Waals surface area contributed by atoms with Crippen LogP contribution in [0.2, 0.25) is 0 Å². The molecule has 27 heavy (non-hydrogen) atoms. The van der Waals surface area contributed by atoms with Gasteiger partial charge in [-0.3, -0.25) is 4.79 Å². The fraction of sp³-hybridized carbons (Fsp3) is 0.389. The second-order valence-corrected chi connectivity index (χ2v) is 7.82. The molecule has 1 aliphatic rings. The molecule has 2 atom stereocenters. The molecule has 142 valence electrons. The highest BCUT2D eigenvalue weighted by molar-refractivity contribution is 7.17. The molecule has 1 aliphatic carbocycles. The number of rotatable bonds is 3. The van der Waals surface area contributed by atoms with Crippen molar-refractivity contribution in [2.24, 2.45) is 5.73 Å². The number of carbonyl (C=O) groups is 1. The number of nitrogens with zero attached hydrogens (tertiary/aromatic N) is 3. The highest BCUT2D eigenvalue weighted by Gasteiger charge is 2.46. The molecule has 3 aromatic rings. The van der Waals surface area contributed by atoms with Crippen LogP contribution in [0.15, 0.2) is 30.6 Å². The lowest BCUT2D eigenvalue weighted by molar-refractivity contribution is -0.0674. The van der Waals surface area contributed by atoms with Gasteiger partial charge in [-0.05, 0) is 31.9 Å². The maximum absolute atomic E-state index is 14.1. The van der Waals surface area contributed by atoms with E-state index in [1.165, 1.54) is 0 Å². The largest absolute Gasteiger partial charge is 0.340 e. The van der Waals surface area contributed by atoms with E-state index >= 15 is 0 Å². The molecule has 0 spiro atoms. The Morgan fingerprint density at radius 3 is 3.04 bits per heavy atom. The van der Waals surface area contributed by atoms with Crippen LogP contribution in [0.5, 0.6) is 0 Å². The molecule has 3 heterocycles. The van der Waals surface area contributed by atoms with Crippen LogP contribution in [0, 0.1) is 6.92 Å². The first-order valence-electron chi connectivity index (χ1n) is 8.71. The molecule has 0 unspecified atom stereocenters. The van der Waals surface area contributed by atoms with Gasteiger partial charge in [0.2, 0.25) is 0 Å². The van der Waals surface area contributed by atoms with Crippen molar-refractivity contribution in [2.75, 3.05) is 0 Å². The van der Waals surface area contributed by atoms with Crippen LogP contribution in [-0.4, -0.2) is 38.5 Å². The van der Waals surface area contributed by atoms with E-state index < -0.39 is 23.9 Å². The van der Waals surface area contributed by atoms with Gasteiger partial charge < -0.3 is 11.1 Å². The Hall–Kier alpha value is -2.39. The molecule has 0 bridgehead atoms. The maximum Gasteiger partial charge on any atom is 0.280 e. The molecule has 1 amide bonds. The number of hydrogen-bond acceptors (Lipinski definition) is 5. The van der Waals surface area contributed by atoms with Crippen molar-refractivity contribution < 1.29 is 13.6 Å². The standard InChI is InChI=1S/C18H19F2N5OS/c1-10-14(12-6-2-3-8-25(12)24-10)13-9-22-17(27-13)16(26)23-15-11(21)5-4-7-18(15,19)20/h2-3,6,8-9,11,15H,4-5,7,21H2,1H3,(H,23,26)/t11-,15-/m1/s1. The first kappa shape index (κ1) is 18.0. The fourth-order valence-electron chi connectivity index (χ4n) is 3.54. The van der Waals surface area contributed by atoms with E-state index in [1.54, 1.807) is 10.7 Å². The second kappa shape index (κ2) is 6.65. The van der Waals surface area contributed by atoms with E-state index in [2.05, 4.69) is 15.4 Å². The SMILES string of the molecule is Cc1nn2ccccc2c1-c1cnc(C(=O)N[C@@H]2[C@H](N)CCCC2(F)F)s1. The monoisotopic (exact) mass is 391 g/mol. The number of alkyl halides is 2. The lowest BCUT2D eigenvalue weighted by atomic mass is 9.87. The summed E-state index contributed by atoms with van der Waals surface area (Å²) in [6, 6.07) is 3.57. The quantitative estimate of drug-likeness (QED) is 0.719. The van der Waals surface area contributed by atoms with Crippen molar-refractivity contribution in [1.29, 1.82) is 0 Å². The summed E-state index contributed by atoms with van der Waals surface area (Å²) in [7, 11) is 0. The third kappa shape index (κ3) is 3.21. The van der Waals surface area contributed by atoms with Crippen molar-refractivity contribution in [3.05, 3.63) is 41.3 Å². The minimum atomic E-state index is -3.01. The lowest BCUT2D eigenvalue weighted by Crippen LogP contribution is -2.59. The summed E-state index contributed by atoms with van der Waals surface area (Å²) >= 11 is 1.16. The number of aryl methyl sites for hydroxylation is 1. The van der Waals surface area contributed by atoms with Gasteiger partial charge in [-0.15, -0.1) is 11.3 Å². The Morgan fingerprint density at radius 1 is 1.44 bits per heavy atom. The number of nitrogens with one attached hydrogen (secondary N) is 1. The molecule has 6 nitrogen and oxygen atoms in total. The average Bonchev–Trinajstić information content (AvgIpc) is 3.21. The molecule has 0 saturated heterocycles. The molecule has 1 fully saturated rings. The lowest BCUT2D eigenvalue weighted by Gasteiger charge is -2.36. The molecule has 0 aromatic carbocycles. The molecule has 0 radical (unpaired) electrons. The normalized spacial score (nSPS) is 22.1. The number of aromatic nitrogens is 3. The number of pyridine rings is 1. The van der Waals surface area contributed by atoms with Gasteiger partial charge in [-0.1, -0.05) is 6.07 Å². The smallest absolute Gasteiger partial charge is 0.280 e. The van der Waals surface area contributed by atoms with Crippen LogP contribution in [0.4, 0.5) is 8.78 Å². The predicted molar refractivity (Wildman–Crippen MR) is 99.1 cm³/mol. The molecule has 3 N–H and O–H groups in total. The van der Waals surface area contributed by atoms with Gasteiger partial charge in [0.1, 0.15) is 6.04 Å². The number of carbonyl (C=O) groups excluding carboxylic acids is 1. The Kier molecular flexibility index (Phi) is 4.43. The minimum Gasteiger partial charge on any atom is -0.340 e. The Labute approximate surface area is 158 Å². The molecule has 9 heteroatoms. The zero-order chi connectivity index (χ0) is 19.2. The summed E-state index contributed by atoms with van der Waals surface area (Å²) < 4.78 is 30.0. The van der Waals surface area contributed by atoms with Gasteiger partial charge in [-0.2, -0.15) is 5.10 Å². The van der Waals surface area contributed by atoms with Crippen molar-refractivity contribution in [3.63, 3.8) is 0 Å². The van der Waals surface area contributed by atoms with Crippen molar-refractivity contribution in [3.8, 4) is 10.4 Å². The van der Waals surface area contributed by atoms with Crippen molar-refractivity contribution >= 4 is 22.8 Å². The highest BCUT2D eigenvalue weighted by atomic mass is 32.1. The van der Waals surface area contributed by atoms with Gasteiger partial charge in [0.15, 0.2) is 5.01 Å². The number of nitrogens with two attached hydrogens (primary N) is 1. The second-order valence-electron chi connectivity index (χ2n) is 6.79. The van der Waals surface area contributed by atoms with Gasteiger partial charge >= 0.3 is 0 Å². The zero-order valence-corrected chi connectivity index (χ0v) is 15.5. The van der Waals surface area contributed by atoms with Crippen LogP contribution in [0.1, 0.15) is 34.8 Å². The number of thiazole rings is 1. The van der Waals surface area contributed by atoms with Crippen LogP contribution in [0.25, 0.3) is 16.0 Å². The van der Waals surface area contributed by atoms with Crippen LogP contribution < -0.4 is 11.1 Å². The summed E-state index contributed by atoms with van der Waals surface area (Å²) in [5.74, 6) is -3.63. The van der Waals surface area contributed by atoms with Gasteiger partial charge in [0.05, 0.1) is 16.1 Å². The van der Waals surface area contributed by atoms with E-state index in [0.29, 0.717) is 12.8 Å². The summed E-state index contributed by atoms with van der Waals surface area (Å²) in [6.45, 7) is 1.88. The highest BCUT2D eigenvalue weighted by Crippen LogP contribution is 2.35. The summed E-state index contributed by atoms with van der Waals surface area (Å²) in [6.07, 6.45) is 3.97. The van der Waals surface area contributed by atoms with Crippen molar-refractivity contribution in [2.45, 2.75) is 44.2 Å². The number of amides is 1. The molecule has 4 rings (SSSR count). The van der Waals surface area contributed by atoms with Crippen LogP contribution in [-0.2, 0) is 0 Å². The molecule has 3 aromatic heterocycles. The predicted octanol–water partition coefficient (Wildman–Crippen LogP) is 3.01. The minimum absolute atomic E-state index is 0.133. The molecular weight excluding hydrogens is 372 g/mol. The topological polar surface area (TPSA) is 85.3 Å². The van der Waals surface area contributed by atoms with Crippen LogP contribution in [0.3, 0.4) is 0 Å². The van der Waals surface area contributed by atoms with E-state index in [1.807, 2.05) is 31.3 Å². The number of fused-ring (bicyclic) bond motifs is 1. The van der Waals surface area contributed by atoms with E-state index in [0.717, 1.165) is 33.0 Å². The van der Waals surface area contributed by atoms with Gasteiger partial charge in [-0.25, -0.2) is 18.3 Å². The van der Waals surface area contributed by atoms with Gasteiger partial charge in [0.25, 0.3) is 11.8 Å². The summed E-state index contributed by atoms with van der Waals surface area (Å²) in [5, 5.41) is 6.98. The number of hydrogen-bond donors (Lipinski definition) is 2. The molecule has 0 aliphatic heterocycles. The van der Waals surface area contributed by atoms with E-state index in [9.17, 15) is 13.6 Å².